The van der Waals surface area contributed by atoms with Crippen molar-refractivity contribution in [1.82, 2.24) is 4.90 Å². The molecule has 1 aromatic rings. The highest BCUT2D eigenvalue weighted by atomic mass is 16.5. The number of Topliss-reactive ketones (excluding diaryl/α,β-unsaturated/α-hetero) is 1. The van der Waals surface area contributed by atoms with Crippen LogP contribution in [-0.2, 0) is 0 Å². The molecule has 0 aliphatic carbocycles. The van der Waals surface area contributed by atoms with Gasteiger partial charge in [0, 0.05) is 6.54 Å². The second kappa shape index (κ2) is 5.33. The van der Waals surface area contributed by atoms with Gasteiger partial charge in [-0.05, 0) is 45.0 Å². The number of carbonyl (C=O) groups is 1. The van der Waals surface area contributed by atoms with Crippen LogP contribution in [0.2, 0.25) is 0 Å². The number of ketones is 1. The van der Waals surface area contributed by atoms with Crippen molar-refractivity contribution < 1.29 is 9.53 Å². The molecule has 2 aliphatic rings. The number of benzene rings is 1. The second-order valence-corrected chi connectivity index (χ2v) is 5.73. The first-order valence-corrected chi connectivity index (χ1v) is 7.24. The van der Waals surface area contributed by atoms with Gasteiger partial charge in [-0.25, -0.2) is 0 Å². The van der Waals surface area contributed by atoms with E-state index in [1.165, 1.54) is 19.3 Å². The molecule has 1 unspecified atom stereocenters. The van der Waals surface area contributed by atoms with Gasteiger partial charge >= 0.3 is 0 Å². The van der Waals surface area contributed by atoms with E-state index in [9.17, 15) is 4.79 Å². The molecule has 1 aromatic carbocycles. The minimum Gasteiger partial charge on any atom is -0.492 e. The van der Waals surface area contributed by atoms with Gasteiger partial charge in [0.05, 0.1) is 18.1 Å². The highest BCUT2D eigenvalue weighted by Gasteiger charge is 2.30. The number of nitrogens with zero attached hydrogens (tertiary/aromatic N) is 1. The lowest BCUT2D eigenvalue weighted by Gasteiger charge is -2.32. The average molecular weight is 259 g/mol. The average Bonchev–Trinajstić information content (AvgIpc) is 2.44. The largest absolute Gasteiger partial charge is 0.492 e. The molecular weight excluding hydrogens is 238 g/mol. The normalized spacial score (nSPS) is 23.8. The maximum absolute atomic E-state index is 12.5. The van der Waals surface area contributed by atoms with Gasteiger partial charge in [0.25, 0.3) is 0 Å². The number of aryl methyl sites for hydroxylation is 1. The SMILES string of the molecule is Cc1ccc2c(c1)C(=O)C(CN1CCCCC1)CO2. The first-order valence-electron chi connectivity index (χ1n) is 7.24. The van der Waals surface area contributed by atoms with Crippen LogP contribution in [0.15, 0.2) is 18.2 Å². The van der Waals surface area contributed by atoms with Crippen molar-refractivity contribution in [2.45, 2.75) is 26.2 Å². The summed E-state index contributed by atoms with van der Waals surface area (Å²) < 4.78 is 5.76. The first-order chi connectivity index (χ1) is 9.24. The topological polar surface area (TPSA) is 29.5 Å². The van der Waals surface area contributed by atoms with E-state index in [0.29, 0.717) is 6.61 Å². The van der Waals surface area contributed by atoms with Gasteiger partial charge < -0.3 is 9.64 Å². The zero-order valence-corrected chi connectivity index (χ0v) is 11.5. The highest BCUT2D eigenvalue weighted by molar-refractivity contribution is 6.01. The van der Waals surface area contributed by atoms with E-state index in [2.05, 4.69) is 4.90 Å². The van der Waals surface area contributed by atoms with Crippen molar-refractivity contribution in [3.05, 3.63) is 29.3 Å². The van der Waals surface area contributed by atoms with E-state index in [4.69, 9.17) is 4.74 Å². The van der Waals surface area contributed by atoms with Crippen LogP contribution < -0.4 is 4.74 Å². The lowest BCUT2D eigenvalue weighted by molar-refractivity contribution is 0.0752. The molecule has 2 heterocycles. The maximum Gasteiger partial charge on any atom is 0.174 e. The number of rotatable bonds is 2. The molecule has 0 aromatic heterocycles. The predicted molar refractivity (Wildman–Crippen MR) is 74.8 cm³/mol. The Kier molecular flexibility index (Phi) is 3.56. The fourth-order valence-corrected chi connectivity index (χ4v) is 3.04. The molecule has 2 aliphatic heterocycles. The molecule has 0 N–H and O–H groups in total. The summed E-state index contributed by atoms with van der Waals surface area (Å²) in [7, 11) is 0. The Morgan fingerprint density at radius 2 is 2.05 bits per heavy atom. The van der Waals surface area contributed by atoms with Crippen molar-refractivity contribution >= 4 is 5.78 Å². The molecule has 19 heavy (non-hydrogen) atoms. The number of piperidine rings is 1. The second-order valence-electron chi connectivity index (χ2n) is 5.73. The molecule has 0 saturated carbocycles. The van der Waals surface area contributed by atoms with Crippen LogP contribution in [0.25, 0.3) is 0 Å². The van der Waals surface area contributed by atoms with Gasteiger partial charge in [-0.3, -0.25) is 4.79 Å². The van der Waals surface area contributed by atoms with Crippen LogP contribution in [0.1, 0.15) is 35.2 Å². The van der Waals surface area contributed by atoms with Crippen molar-refractivity contribution in [2.24, 2.45) is 5.92 Å². The van der Waals surface area contributed by atoms with Crippen molar-refractivity contribution in [3.63, 3.8) is 0 Å². The van der Waals surface area contributed by atoms with Crippen LogP contribution in [0.5, 0.6) is 5.75 Å². The molecule has 1 saturated heterocycles. The van der Waals surface area contributed by atoms with Crippen LogP contribution in [-0.4, -0.2) is 36.9 Å². The number of likely N-dealkylation sites (tertiary alicyclic amines) is 1. The molecule has 0 bridgehead atoms. The molecule has 0 radical (unpaired) electrons. The smallest absolute Gasteiger partial charge is 0.174 e. The summed E-state index contributed by atoms with van der Waals surface area (Å²) in [5.41, 5.74) is 1.89. The number of ether oxygens (including phenoxy) is 1. The van der Waals surface area contributed by atoms with Crippen molar-refractivity contribution in [1.29, 1.82) is 0 Å². The van der Waals surface area contributed by atoms with Gasteiger partial charge in [-0.15, -0.1) is 0 Å². The number of hydrogen-bond acceptors (Lipinski definition) is 3. The third kappa shape index (κ3) is 2.66. The highest BCUT2D eigenvalue weighted by Crippen LogP contribution is 2.29. The summed E-state index contributed by atoms with van der Waals surface area (Å²) in [6.45, 7) is 5.66. The van der Waals surface area contributed by atoms with E-state index in [-0.39, 0.29) is 11.7 Å². The Morgan fingerprint density at radius 1 is 1.26 bits per heavy atom. The lowest BCUT2D eigenvalue weighted by atomic mass is 9.93. The van der Waals surface area contributed by atoms with Gasteiger partial charge in [-0.1, -0.05) is 18.1 Å². The van der Waals surface area contributed by atoms with E-state index in [1.807, 2.05) is 25.1 Å². The molecular formula is C16H21NO2. The number of fused-ring (bicyclic) bond motifs is 1. The molecule has 3 rings (SSSR count). The Bertz CT molecular complexity index is 478. The Morgan fingerprint density at radius 3 is 2.84 bits per heavy atom. The van der Waals surface area contributed by atoms with Crippen molar-refractivity contribution in [3.8, 4) is 5.75 Å². The van der Waals surface area contributed by atoms with E-state index >= 15 is 0 Å². The zero-order valence-electron chi connectivity index (χ0n) is 11.5. The fourth-order valence-electron chi connectivity index (χ4n) is 3.04. The predicted octanol–water partition coefficient (Wildman–Crippen LogP) is 2.67. The lowest BCUT2D eigenvalue weighted by Crippen LogP contribution is -2.40. The van der Waals surface area contributed by atoms with E-state index in [0.717, 1.165) is 36.5 Å². The first kappa shape index (κ1) is 12.7. The zero-order chi connectivity index (χ0) is 13.2. The summed E-state index contributed by atoms with van der Waals surface area (Å²) in [6.07, 6.45) is 3.85. The summed E-state index contributed by atoms with van der Waals surface area (Å²) >= 11 is 0. The van der Waals surface area contributed by atoms with Crippen LogP contribution in [0.4, 0.5) is 0 Å². The quantitative estimate of drug-likeness (QED) is 0.818. The fraction of sp³-hybridized carbons (Fsp3) is 0.562. The number of hydrogen-bond donors (Lipinski definition) is 0. The summed E-state index contributed by atoms with van der Waals surface area (Å²) in [6, 6.07) is 5.87. The van der Waals surface area contributed by atoms with Crippen LogP contribution in [0, 0.1) is 12.8 Å². The minimum absolute atomic E-state index is 0.00685. The Hall–Kier alpha value is -1.35. The Balaban J connectivity index is 1.73. The molecule has 1 fully saturated rings. The molecule has 1 atom stereocenters. The van der Waals surface area contributed by atoms with Gasteiger partial charge in [0.2, 0.25) is 0 Å². The summed E-state index contributed by atoms with van der Waals surface area (Å²) in [5, 5.41) is 0. The van der Waals surface area contributed by atoms with E-state index in [1.54, 1.807) is 0 Å². The number of carbonyl (C=O) groups excluding carboxylic acids is 1. The molecule has 102 valence electrons. The monoisotopic (exact) mass is 259 g/mol. The summed E-state index contributed by atoms with van der Waals surface area (Å²) in [4.78, 5) is 14.9. The van der Waals surface area contributed by atoms with Gasteiger partial charge in [0.15, 0.2) is 5.78 Å². The molecule has 0 spiro atoms. The van der Waals surface area contributed by atoms with E-state index < -0.39 is 0 Å². The van der Waals surface area contributed by atoms with Gasteiger partial charge in [0.1, 0.15) is 5.75 Å². The maximum atomic E-state index is 12.5. The Labute approximate surface area is 114 Å². The molecule has 0 amide bonds. The third-order valence-corrected chi connectivity index (χ3v) is 4.14. The van der Waals surface area contributed by atoms with Crippen molar-refractivity contribution in [2.75, 3.05) is 26.2 Å². The molecule has 3 heteroatoms. The van der Waals surface area contributed by atoms with Gasteiger partial charge in [-0.2, -0.15) is 0 Å². The van der Waals surface area contributed by atoms with Crippen LogP contribution in [0.3, 0.4) is 0 Å². The minimum atomic E-state index is 0.00685. The standard InChI is InChI=1S/C16H21NO2/c1-12-5-6-15-14(9-12)16(18)13(11-19-15)10-17-7-3-2-4-8-17/h5-6,9,13H,2-4,7-8,10-11H2,1H3. The third-order valence-electron chi connectivity index (χ3n) is 4.14. The molecule has 3 nitrogen and oxygen atoms in total. The van der Waals surface area contributed by atoms with Crippen LogP contribution >= 0.6 is 0 Å². The summed E-state index contributed by atoms with van der Waals surface area (Å²) in [5.74, 6) is 1.02.